The Labute approximate surface area is 139 Å². The van der Waals surface area contributed by atoms with Crippen molar-refractivity contribution in [2.45, 2.75) is 65.2 Å². The van der Waals surface area contributed by atoms with Crippen LogP contribution in [0.1, 0.15) is 65.2 Å². The molecule has 4 aliphatic rings. The SMILES string of the molecule is C[C@]12CCCCC1=CC[C@@H]1C2C(=O)C[C@]2(C)/C(=C\C#N)CCC12. The molecule has 3 saturated carbocycles. The number of hydrogen-bond donors (Lipinski definition) is 0. The highest BCUT2D eigenvalue weighted by molar-refractivity contribution is 5.85. The molecule has 0 heterocycles. The van der Waals surface area contributed by atoms with Crippen molar-refractivity contribution in [2.24, 2.45) is 28.6 Å². The molecule has 4 rings (SSSR count). The van der Waals surface area contributed by atoms with Crippen molar-refractivity contribution in [1.29, 1.82) is 5.26 Å². The number of ketones is 1. The molecule has 5 atom stereocenters. The molecule has 2 nitrogen and oxygen atoms in total. The van der Waals surface area contributed by atoms with Crippen LogP contribution >= 0.6 is 0 Å². The molecule has 0 radical (unpaired) electrons. The molecule has 0 saturated heterocycles. The number of nitriles is 1. The first-order valence-corrected chi connectivity index (χ1v) is 9.32. The molecule has 23 heavy (non-hydrogen) atoms. The maximum atomic E-state index is 13.2. The summed E-state index contributed by atoms with van der Waals surface area (Å²) < 4.78 is 0. The van der Waals surface area contributed by atoms with Crippen LogP contribution in [0.25, 0.3) is 0 Å². The van der Waals surface area contributed by atoms with Gasteiger partial charge in [-0.3, -0.25) is 4.79 Å². The fourth-order valence-electron chi connectivity index (χ4n) is 6.69. The molecule has 0 bridgehead atoms. The second kappa shape index (κ2) is 5.07. The molecular formula is C21H27NO. The van der Waals surface area contributed by atoms with Crippen molar-refractivity contribution in [2.75, 3.05) is 0 Å². The molecule has 2 unspecified atom stereocenters. The van der Waals surface area contributed by atoms with E-state index < -0.39 is 0 Å². The van der Waals surface area contributed by atoms with Gasteiger partial charge in [-0.15, -0.1) is 0 Å². The van der Waals surface area contributed by atoms with E-state index in [4.69, 9.17) is 5.26 Å². The summed E-state index contributed by atoms with van der Waals surface area (Å²) in [5.41, 5.74) is 2.89. The number of carbonyl (C=O) groups is 1. The highest BCUT2D eigenvalue weighted by Crippen LogP contribution is 2.64. The number of Topliss-reactive ketones (excluding diaryl/α,β-unsaturated/α-hetero) is 1. The summed E-state index contributed by atoms with van der Waals surface area (Å²) in [5.74, 6) is 1.80. The van der Waals surface area contributed by atoms with E-state index in [0.717, 1.165) is 19.3 Å². The number of rotatable bonds is 0. The lowest BCUT2D eigenvalue weighted by atomic mass is 9.47. The predicted octanol–water partition coefficient (Wildman–Crippen LogP) is 4.97. The van der Waals surface area contributed by atoms with Gasteiger partial charge in [-0.05, 0) is 61.2 Å². The summed E-state index contributed by atoms with van der Waals surface area (Å²) in [5, 5.41) is 9.10. The van der Waals surface area contributed by atoms with Crippen molar-refractivity contribution in [1.82, 2.24) is 0 Å². The van der Waals surface area contributed by atoms with Crippen LogP contribution in [0, 0.1) is 39.9 Å². The van der Waals surface area contributed by atoms with Gasteiger partial charge in [0, 0.05) is 18.4 Å². The van der Waals surface area contributed by atoms with Crippen LogP contribution in [-0.4, -0.2) is 5.78 Å². The van der Waals surface area contributed by atoms with Crippen LogP contribution in [0.15, 0.2) is 23.3 Å². The molecule has 3 fully saturated rings. The molecule has 4 aliphatic carbocycles. The predicted molar refractivity (Wildman–Crippen MR) is 90.4 cm³/mol. The van der Waals surface area contributed by atoms with Crippen molar-refractivity contribution in [3.05, 3.63) is 23.3 Å². The molecule has 0 aromatic rings. The van der Waals surface area contributed by atoms with E-state index in [1.54, 1.807) is 11.6 Å². The second-order valence-corrected chi connectivity index (χ2v) is 8.74. The van der Waals surface area contributed by atoms with Gasteiger partial charge in [0.05, 0.1) is 6.07 Å². The largest absolute Gasteiger partial charge is 0.299 e. The van der Waals surface area contributed by atoms with Gasteiger partial charge in [0.25, 0.3) is 0 Å². The van der Waals surface area contributed by atoms with E-state index in [1.165, 1.54) is 31.3 Å². The van der Waals surface area contributed by atoms with Crippen LogP contribution < -0.4 is 0 Å². The molecule has 0 aliphatic heterocycles. The third-order valence-electron chi connectivity index (χ3n) is 7.80. The van der Waals surface area contributed by atoms with Crippen molar-refractivity contribution >= 4 is 5.78 Å². The molecule has 0 aromatic carbocycles. The van der Waals surface area contributed by atoms with Crippen molar-refractivity contribution in [3.63, 3.8) is 0 Å². The topological polar surface area (TPSA) is 40.9 Å². The number of allylic oxidation sites excluding steroid dienone is 4. The van der Waals surface area contributed by atoms with Gasteiger partial charge in [-0.1, -0.05) is 37.5 Å². The van der Waals surface area contributed by atoms with E-state index in [9.17, 15) is 4.79 Å². The zero-order valence-corrected chi connectivity index (χ0v) is 14.4. The Bertz CT molecular complexity index is 651. The Kier molecular flexibility index (Phi) is 3.34. The highest BCUT2D eigenvalue weighted by atomic mass is 16.1. The third-order valence-corrected chi connectivity index (χ3v) is 7.80. The molecule has 0 spiro atoms. The summed E-state index contributed by atoms with van der Waals surface area (Å²) in [6, 6.07) is 2.22. The molecule has 0 N–H and O–H groups in total. The molecule has 0 aromatic heterocycles. The van der Waals surface area contributed by atoms with Crippen molar-refractivity contribution in [3.8, 4) is 6.07 Å². The zero-order chi connectivity index (χ0) is 16.2. The van der Waals surface area contributed by atoms with E-state index in [-0.39, 0.29) is 16.7 Å². The molecule has 2 heteroatoms. The Morgan fingerprint density at radius 2 is 2.09 bits per heavy atom. The quantitative estimate of drug-likeness (QED) is 0.468. The maximum Gasteiger partial charge on any atom is 0.138 e. The lowest BCUT2D eigenvalue weighted by molar-refractivity contribution is -0.140. The molecular weight excluding hydrogens is 282 g/mol. The summed E-state index contributed by atoms with van der Waals surface area (Å²) in [7, 11) is 0. The summed E-state index contributed by atoms with van der Waals surface area (Å²) >= 11 is 0. The number of fused-ring (bicyclic) bond motifs is 5. The molecule has 122 valence electrons. The minimum atomic E-state index is -0.0512. The number of hydrogen-bond acceptors (Lipinski definition) is 2. The van der Waals surface area contributed by atoms with E-state index in [1.807, 2.05) is 0 Å². The van der Waals surface area contributed by atoms with Crippen LogP contribution in [-0.2, 0) is 4.79 Å². The Hall–Kier alpha value is -1.36. The fourth-order valence-corrected chi connectivity index (χ4v) is 6.69. The standard InChI is InChI=1S/C21H27NO/c1-20-11-4-3-5-14(20)6-8-16-17-9-7-15(10-12-22)21(17,2)13-18(23)19(16)20/h6,10,16-17,19H,3-5,7-9,11,13H2,1-2H3/b15-10-/t16-,17?,19?,20-,21+/m0/s1. The zero-order valence-electron chi connectivity index (χ0n) is 14.4. The van der Waals surface area contributed by atoms with E-state index in [2.05, 4.69) is 26.0 Å². The first kappa shape index (κ1) is 15.2. The van der Waals surface area contributed by atoms with Crippen LogP contribution in [0.3, 0.4) is 0 Å². The van der Waals surface area contributed by atoms with E-state index >= 15 is 0 Å². The Morgan fingerprint density at radius 1 is 1.26 bits per heavy atom. The van der Waals surface area contributed by atoms with Gasteiger partial charge in [-0.2, -0.15) is 5.26 Å². The minimum absolute atomic E-state index is 0.0512. The lowest BCUT2D eigenvalue weighted by Gasteiger charge is -2.55. The first-order chi connectivity index (χ1) is 11.0. The Morgan fingerprint density at radius 3 is 2.87 bits per heavy atom. The highest BCUT2D eigenvalue weighted by Gasteiger charge is 2.60. The molecule has 0 amide bonds. The third kappa shape index (κ3) is 1.95. The average Bonchev–Trinajstić information content (AvgIpc) is 2.83. The Balaban J connectivity index is 1.76. The monoisotopic (exact) mass is 309 g/mol. The maximum absolute atomic E-state index is 13.2. The summed E-state index contributed by atoms with van der Waals surface area (Å²) in [6.45, 7) is 4.63. The van der Waals surface area contributed by atoms with Crippen molar-refractivity contribution < 1.29 is 4.79 Å². The van der Waals surface area contributed by atoms with Gasteiger partial charge in [-0.25, -0.2) is 0 Å². The lowest BCUT2D eigenvalue weighted by Crippen LogP contribution is -2.53. The second-order valence-electron chi connectivity index (χ2n) is 8.74. The minimum Gasteiger partial charge on any atom is -0.299 e. The van der Waals surface area contributed by atoms with Gasteiger partial charge >= 0.3 is 0 Å². The fraction of sp³-hybridized carbons (Fsp3) is 0.714. The van der Waals surface area contributed by atoms with Gasteiger partial charge in [0.15, 0.2) is 0 Å². The van der Waals surface area contributed by atoms with Crippen LogP contribution in [0.4, 0.5) is 0 Å². The van der Waals surface area contributed by atoms with Gasteiger partial charge in [0.1, 0.15) is 5.78 Å². The van der Waals surface area contributed by atoms with Gasteiger partial charge in [0.2, 0.25) is 0 Å². The first-order valence-electron chi connectivity index (χ1n) is 9.32. The number of nitrogens with zero attached hydrogens (tertiary/aromatic N) is 1. The van der Waals surface area contributed by atoms with Crippen LogP contribution in [0.5, 0.6) is 0 Å². The number of carbonyl (C=O) groups excluding carboxylic acids is 1. The van der Waals surface area contributed by atoms with E-state index in [0.29, 0.717) is 24.0 Å². The summed E-state index contributed by atoms with van der Waals surface area (Å²) in [6.07, 6.45) is 13.1. The summed E-state index contributed by atoms with van der Waals surface area (Å²) in [4.78, 5) is 13.2. The smallest absolute Gasteiger partial charge is 0.138 e. The van der Waals surface area contributed by atoms with Crippen LogP contribution in [0.2, 0.25) is 0 Å². The van der Waals surface area contributed by atoms with Gasteiger partial charge < -0.3 is 0 Å². The average molecular weight is 309 g/mol. The normalized spacial score (nSPS) is 47.3.